The minimum atomic E-state index is 0.594. The lowest BCUT2D eigenvalue weighted by Crippen LogP contribution is -1.99. The Morgan fingerprint density at radius 2 is 1.03 bits per heavy atom. The quantitative estimate of drug-likeness (QED) is 0.288. The number of anilines is 2. The monoisotopic (exact) mass is 426 g/mol. The first-order valence-corrected chi connectivity index (χ1v) is 11.1. The number of aryl methyl sites for hydroxylation is 1. The van der Waals surface area contributed by atoms with Gasteiger partial charge in [-0.1, -0.05) is 115 Å². The lowest BCUT2D eigenvalue weighted by Gasteiger charge is -2.22. The minimum absolute atomic E-state index is 0.594. The number of benzene rings is 5. The van der Waals surface area contributed by atoms with Crippen molar-refractivity contribution in [3.8, 4) is 44.5 Å². The molecule has 0 aliphatic carbocycles. The van der Waals surface area contributed by atoms with Gasteiger partial charge >= 0.3 is 0 Å². The van der Waals surface area contributed by atoms with Crippen LogP contribution in [0.3, 0.4) is 0 Å². The SMILES string of the molecule is Cc1cccc(-c2c(-c3cccc(N)c3N)ccc(-c3ccccc3)c2-c2ccccc2)c1. The predicted octanol–water partition coefficient (Wildman–Crippen LogP) is 7.83. The van der Waals surface area contributed by atoms with Crippen LogP contribution < -0.4 is 11.5 Å². The molecule has 0 amide bonds. The van der Waals surface area contributed by atoms with Crippen molar-refractivity contribution in [2.45, 2.75) is 6.92 Å². The molecule has 4 N–H and O–H groups in total. The molecule has 2 nitrogen and oxygen atoms in total. The zero-order valence-electron chi connectivity index (χ0n) is 18.6. The van der Waals surface area contributed by atoms with E-state index in [1.807, 2.05) is 12.1 Å². The molecule has 0 aliphatic rings. The van der Waals surface area contributed by atoms with Crippen LogP contribution in [-0.4, -0.2) is 0 Å². The molecule has 0 aliphatic heterocycles. The number of para-hydroxylation sites is 1. The average molecular weight is 427 g/mol. The number of hydrogen-bond donors (Lipinski definition) is 2. The molecule has 0 spiro atoms. The number of hydrogen-bond acceptors (Lipinski definition) is 2. The third kappa shape index (κ3) is 3.88. The molecule has 0 aromatic heterocycles. The zero-order valence-corrected chi connectivity index (χ0v) is 18.6. The fourth-order valence-electron chi connectivity index (χ4n) is 4.51. The van der Waals surface area contributed by atoms with Crippen molar-refractivity contribution in [2.75, 3.05) is 11.5 Å². The van der Waals surface area contributed by atoms with Gasteiger partial charge in [0.1, 0.15) is 0 Å². The first kappa shape index (κ1) is 20.6. The molecule has 160 valence electrons. The molecular formula is C31H26N2. The molecular weight excluding hydrogens is 400 g/mol. The highest BCUT2D eigenvalue weighted by atomic mass is 14.7. The van der Waals surface area contributed by atoms with Crippen molar-refractivity contribution in [3.05, 3.63) is 121 Å². The molecule has 5 aromatic carbocycles. The van der Waals surface area contributed by atoms with Crippen LogP contribution in [0.4, 0.5) is 11.4 Å². The molecule has 5 rings (SSSR count). The zero-order chi connectivity index (χ0) is 22.8. The standard InChI is InChI=1S/C31H26N2/c1-21-10-8-15-24(20-21)30-26(27-16-9-17-28(32)31(27)33)19-18-25(22-11-4-2-5-12-22)29(30)23-13-6-3-7-14-23/h2-20H,32-33H2,1H3. The van der Waals surface area contributed by atoms with Crippen LogP contribution in [0, 0.1) is 6.92 Å². The molecule has 2 heteroatoms. The lowest BCUT2D eigenvalue weighted by molar-refractivity contribution is 1.46. The molecule has 0 fully saturated rings. The van der Waals surface area contributed by atoms with Crippen molar-refractivity contribution in [3.63, 3.8) is 0 Å². The minimum Gasteiger partial charge on any atom is -0.397 e. The van der Waals surface area contributed by atoms with E-state index in [9.17, 15) is 0 Å². The molecule has 0 atom stereocenters. The van der Waals surface area contributed by atoms with E-state index in [-0.39, 0.29) is 0 Å². The van der Waals surface area contributed by atoms with E-state index in [2.05, 4.69) is 110 Å². The smallest absolute Gasteiger partial charge is 0.0627 e. The molecule has 0 heterocycles. The van der Waals surface area contributed by atoms with E-state index >= 15 is 0 Å². The second-order valence-corrected chi connectivity index (χ2v) is 8.32. The van der Waals surface area contributed by atoms with Crippen LogP contribution in [0.1, 0.15) is 5.56 Å². The van der Waals surface area contributed by atoms with Gasteiger partial charge in [0.25, 0.3) is 0 Å². The normalized spacial score (nSPS) is 10.8. The third-order valence-corrected chi connectivity index (χ3v) is 6.09. The van der Waals surface area contributed by atoms with Gasteiger partial charge in [0.2, 0.25) is 0 Å². The summed E-state index contributed by atoms with van der Waals surface area (Å²) < 4.78 is 0. The van der Waals surface area contributed by atoms with E-state index in [1.54, 1.807) is 0 Å². The van der Waals surface area contributed by atoms with Gasteiger partial charge in [0, 0.05) is 5.56 Å². The summed E-state index contributed by atoms with van der Waals surface area (Å²) in [6, 6.07) is 40.0. The highest BCUT2D eigenvalue weighted by Crippen LogP contribution is 2.47. The molecule has 5 aromatic rings. The number of nitrogen functional groups attached to an aromatic ring is 2. The summed E-state index contributed by atoms with van der Waals surface area (Å²) in [6.07, 6.45) is 0. The molecule has 0 bridgehead atoms. The maximum absolute atomic E-state index is 6.50. The molecule has 33 heavy (non-hydrogen) atoms. The first-order chi connectivity index (χ1) is 16.1. The Kier molecular flexibility index (Phi) is 5.42. The van der Waals surface area contributed by atoms with Crippen LogP contribution in [0.2, 0.25) is 0 Å². The Labute approximate surface area is 195 Å². The van der Waals surface area contributed by atoms with Crippen LogP contribution >= 0.6 is 0 Å². The van der Waals surface area contributed by atoms with Crippen molar-refractivity contribution in [1.29, 1.82) is 0 Å². The van der Waals surface area contributed by atoms with Gasteiger partial charge < -0.3 is 11.5 Å². The summed E-state index contributed by atoms with van der Waals surface area (Å²) in [5.41, 5.74) is 24.2. The first-order valence-electron chi connectivity index (χ1n) is 11.1. The summed E-state index contributed by atoms with van der Waals surface area (Å²) in [6.45, 7) is 2.13. The van der Waals surface area contributed by atoms with Gasteiger partial charge in [-0.3, -0.25) is 0 Å². The highest BCUT2D eigenvalue weighted by molar-refractivity contribution is 6.03. The highest BCUT2D eigenvalue weighted by Gasteiger charge is 2.20. The fraction of sp³-hybridized carbons (Fsp3) is 0.0323. The molecule has 0 radical (unpaired) electrons. The van der Waals surface area contributed by atoms with Gasteiger partial charge in [0.15, 0.2) is 0 Å². The van der Waals surface area contributed by atoms with E-state index in [0.717, 1.165) is 27.8 Å². The van der Waals surface area contributed by atoms with Crippen molar-refractivity contribution in [1.82, 2.24) is 0 Å². The Bertz CT molecular complexity index is 1420. The van der Waals surface area contributed by atoms with Crippen molar-refractivity contribution >= 4 is 11.4 Å². The summed E-state index contributed by atoms with van der Waals surface area (Å²) in [5, 5.41) is 0. The van der Waals surface area contributed by atoms with Crippen LogP contribution in [-0.2, 0) is 0 Å². The number of nitrogens with two attached hydrogens (primary N) is 2. The second kappa shape index (κ2) is 8.68. The maximum atomic E-state index is 6.50. The third-order valence-electron chi connectivity index (χ3n) is 6.09. The lowest BCUT2D eigenvalue weighted by atomic mass is 9.82. The Hall–Kier alpha value is -4.30. The fourth-order valence-corrected chi connectivity index (χ4v) is 4.51. The summed E-state index contributed by atoms with van der Waals surface area (Å²) in [4.78, 5) is 0. The van der Waals surface area contributed by atoms with Gasteiger partial charge in [-0.15, -0.1) is 0 Å². The van der Waals surface area contributed by atoms with Gasteiger partial charge in [-0.25, -0.2) is 0 Å². The Morgan fingerprint density at radius 3 is 1.73 bits per heavy atom. The second-order valence-electron chi connectivity index (χ2n) is 8.32. The van der Waals surface area contributed by atoms with Crippen LogP contribution in [0.25, 0.3) is 44.5 Å². The van der Waals surface area contributed by atoms with E-state index in [1.165, 1.54) is 22.3 Å². The molecule has 0 saturated heterocycles. The van der Waals surface area contributed by atoms with Crippen molar-refractivity contribution < 1.29 is 0 Å². The van der Waals surface area contributed by atoms with Crippen LogP contribution in [0.15, 0.2) is 115 Å². The number of rotatable bonds is 4. The summed E-state index contributed by atoms with van der Waals surface area (Å²) in [7, 11) is 0. The van der Waals surface area contributed by atoms with Gasteiger partial charge in [0.05, 0.1) is 11.4 Å². The average Bonchev–Trinajstić information content (AvgIpc) is 2.86. The molecule has 0 saturated carbocycles. The van der Waals surface area contributed by atoms with Gasteiger partial charge in [-0.05, 0) is 51.9 Å². The predicted molar refractivity (Wildman–Crippen MR) is 142 cm³/mol. The van der Waals surface area contributed by atoms with E-state index < -0.39 is 0 Å². The van der Waals surface area contributed by atoms with E-state index in [0.29, 0.717) is 11.4 Å². The Morgan fingerprint density at radius 1 is 0.455 bits per heavy atom. The van der Waals surface area contributed by atoms with E-state index in [4.69, 9.17) is 11.5 Å². The van der Waals surface area contributed by atoms with Crippen LogP contribution in [0.5, 0.6) is 0 Å². The summed E-state index contributed by atoms with van der Waals surface area (Å²) >= 11 is 0. The van der Waals surface area contributed by atoms with Gasteiger partial charge in [-0.2, -0.15) is 0 Å². The largest absolute Gasteiger partial charge is 0.397 e. The van der Waals surface area contributed by atoms with Crippen molar-refractivity contribution in [2.24, 2.45) is 0 Å². The Balaban J connectivity index is 1.94. The summed E-state index contributed by atoms with van der Waals surface area (Å²) in [5.74, 6) is 0. The maximum Gasteiger partial charge on any atom is 0.0627 e. The molecule has 0 unspecified atom stereocenters. The topological polar surface area (TPSA) is 52.0 Å².